The first-order valence-electron chi connectivity index (χ1n) is 6.20. The number of hydrogen-bond acceptors (Lipinski definition) is 3. The van der Waals surface area contributed by atoms with Crippen molar-refractivity contribution < 1.29 is 19.4 Å². The lowest BCUT2D eigenvalue weighted by Gasteiger charge is -2.04. The van der Waals surface area contributed by atoms with Crippen molar-refractivity contribution in [3.8, 4) is 0 Å². The Bertz CT molecular complexity index is 414. The number of aliphatic carboxylic acids is 1. The summed E-state index contributed by atoms with van der Waals surface area (Å²) in [4.78, 5) is 21.8. The number of ether oxygens (including phenoxy) is 1. The van der Waals surface area contributed by atoms with Gasteiger partial charge in [0, 0.05) is 9.99 Å². The number of carboxylic acids is 1. The first-order valence-corrected chi connectivity index (χ1v) is 7.27. The molecule has 1 aromatic rings. The molecule has 0 saturated carbocycles. The molecule has 4 nitrogen and oxygen atoms in total. The summed E-state index contributed by atoms with van der Waals surface area (Å²) in [6.07, 6.45) is 2.57. The predicted molar refractivity (Wildman–Crippen MR) is 79.9 cm³/mol. The molecule has 0 aliphatic heterocycles. The monoisotopic (exact) mass is 376 g/mol. The molecule has 0 fully saturated rings. The molecule has 0 amide bonds. The van der Waals surface area contributed by atoms with Crippen molar-refractivity contribution in [3.63, 3.8) is 0 Å². The Labute approximate surface area is 126 Å². The summed E-state index contributed by atoms with van der Waals surface area (Å²) in [5.74, 6) is -1.02. The molecule has 0 aliphatic carbocycles. The number of rotatable bonds is 8. The molecule has 1 aromatic carbocycles. The van der Waals surface area contributed by atoms with E-state index in [0.717, 1.165) is 15.6 Å². The number of benzene rings is 1. The number of halogens is 1. The van der Waals surface area contributed by atoms with Crippen LogP contribution >= 0.6 is 22.6 Å². The molecule has 1 N–H and O–H groups in total. The summed E-state index contributed by atoms with van der Waals surface area (Å²) < 4.78 is 6.23. The lowest BCUT2D eigenvalue weighted by Crippen LogP contribution is -2.09. The zero-order valence-electron chi connectivity index (χ0n) is 10.6. The van der Waals surface area contributed by atoms with Crippen molar-refractivity contribution >= 4 is 34.5 Å². The second kappa shape index (κ2) is 8.90. The zero-order valence-corrected chi connectivity index (χ0v) is 12.8. The summed E-state index contributed by atoms with van der Waals surface area (Å²) >= 11 is 2.21. The Balaban J connectivity index is 2.11. The van der Waals surface area contributed by atoms with Crippen LogP contribution in [-0.2, 0) is 20.7 Å². The Morgan fingerprint density at radius 3 is 2.42 bits per heavy atom. The summed E-state index contributed by atoms with van der Waals surface area (Å²) in [6.45, 7) is 0.364. The topological polar surface area (TPSA) is 63.6 Å². The van der Waals surface area contributed by atoms with Gasteiger partial charge in [-0.25, -0.2) is 0 Å². The van der Waals surface area contributed by atoms with E-state index in [1.165, 1.54) is 0 Å². The quantitative estimate of drug-likeness (QED) is 0.431. The van der Waals surface area contributed by atoms with Crippen molar-refractivity contribution in [2.24, 2.45) is 0 Å². The molecule has 19 heavy (non-hydrogen) atoms. The molecule has 0 saturated heterocycles. The predicted octanol–water partition coefficient (Wildman–Crippen LogP) is 3.02. The van der Waals surface area contributed by atoms with Crippen molar-refractivity contribution in [2.45, 2.75) is 32.1 Å². The van der Waals surface area contributed by atoms with Crippen LogP contribution in [0.3, 0.4) is 0 Å². The minimum atomic E-state index is -0.782. The van der Waals surface area contributed by atoms with Gasteiger partial charge in [-0.2, -0.15) is 0 Å². The SMILES string of the molecule is O=C(O)CCCCCOC(=O)Cc1ccc(I)cc1. The second-order valence-electron chi connectivity index (χ2n) is 4.23. The summed E-state index contributed by atoms with van der Waals surface area (Å²) in [6, 6.07) is 7.73. The molecule has 0 aliphatic rings. The lowest BCUT2D eigenvalue weighted by molar-refractivity contribution is -0.143. The molecule has 5 heteroatoms. The molecule has 0 heterocycles. The van der Waals surface area contributed by atoms with Gasteiger partial charge in [-0.3, -0.25) is 9.59 Å². The standard InChI is InChI=1S/C14H17IO4/c15-12-7-5-11(6-8-12)10-14(18)19-9-3-1-2-4-13(16)17/h5-8H,1-4,9-10H2,(H,16,17). The van der Waals surface area contributed by atoms with E-state index in [0.29, 0.717) is 19.4 Å². The highest BCUT2D eigenvalue weighted by Crippen LogP contribution is 2.08. The Hall–Kier alpha value is -1.11. The van der Waals surface area contributed by atoms with Gasteiger partial charge in [0.1, 0.15) is 0 Å². The maximum Gasteiger partial charge on any atom is 0.310 e. The van der Waals surface area contributed by atoms with Gasteiger partial charge in [-0.15, -0.1) is 0 Å². The van der Waals surface area contributed by atoms with Gasteiger partial charge in [-0.1, -0.05) is 12.1 Å². The van der Waals surface area contributed by atoms with Gasteiger partial charge in [0.05, 0.1) is 13.0 Å². The van der Waals surface area contributed by atoms with Crippen molar-refractivity contribution in [2.75, 3.05) is 6.61 Å². The fourth-order valence-electron chi connectivity index (χ4n) is 1.56. The van der Waals surface area contributed by atoms with Gasteiger partial charge in [0.2, 0.25) is 0 Å². The molecule has 0 bridgehead atoms. The highest BCUT2D eigenvalue weighted by atomic mass is 127. The lowest BCUT2D eigenvalue weighted by atomic mass is 10.1. The van der Waals surface area contributed by atoms with E-state index in [1.807, 2.05) is 24.3 Å². The first kappa shape index (κ1) is 15.9. The van der Waals surface area contributed by atoms with E-state index in [2.05, 4.69) is 22.6 Å². The third-order valence-corrected chi connectivity index (χ3v) is 3.28. The van der Waals surface area contributed by atoms with Crippen LogP contribution in [0.2, 0.25) is 0 Å². The zero-order chi connectivity index (χ0) is 14.1. The summed E-state index contributed by atoms with van der Waals surface area (Å²) in [5.41, 5.74) is 0.941. The smallest absolute Gasteiger partial charge is 0.310 e. The van der Waals surface area contributed by atoms with Crippen molar-refractivity contribution in [3.05, 3.63) is 33.4 Å². The van der Waals surface area contributed by atoms with E-state index in [-0.39, 0.29) is 18.8 Å². The number of unbranched alkanes of at least 4 members (excludes halogenated alkanes) is 2. The number of carbonyl (C=O) groups excluding carboxylic acids is 1. The Morgan fingerprint density at radius 2 is 1.79 bits per heavy atom. The van der Waals surface area contributed by atoms with E-state index in [4.69, 9.17) is 9.84 Å². The third kappa shape index (κ3) is 7.81. The minimum absolute atomic E-state index is 0.177. The number of esters is 1. The van der Waals surface area contributed by atoms with Crippen LogP contribution in [0.5, 0.6) is 0 Å². The van der Waals surface area contributed by atoms with Gasteiger partial charge in [0.15, 0.2) is 0 Å². The Morgan fingerprint density at radius 1 is 1.11 bits per heavy atom. The molecule has 104 valence electrons. The van der Waals surface area contributed by atoms with E-state index in [9.17, 15) is 9.59 Å². The van der Waals surface area contributed by atoms with Crippen LogP contribution in [0.25, 0.3) is 0 Å². The van der Waals surface area contributed by atoms with Gasteiger partial charge in [-0.05, 0) is 59.5 Å². The second-order valence-corrected chi connectivity index (χ2v) is 5.47. The Kier molecular flexibility index (Phi) is 7.47. The molecule has 0 atom stereocenters. The third-order valence-electron chi connectivity index (χ3n) is 2.56. The van der Waals surface area contributed by atoms with E-state index < -0.39 is 5.97 Å². The normalized spacial score (nSPS) is 10.2. The molecular weight excluding hydrogens is 359 g/mol. The first-order chi connectivity index (χ1) is 9.08. The maximum atomic E-state index is 11.5. The molecule has 0 spiro atoms. The van der Waals surface area contributed by atoms with E-state index >= 15 is 0 Å². The molecule has 0 radical (unpaired) electrons. The van der Waals surface area contributed by atoms with Gasteiger partial charge < -0.3 is 9.84 Å². The van der Waals surface area contributed by atoms with Crippen LogP contribution < -0.4 is 0 Å². The largest absolute Gasteiger partial charge is 0.481 e. The number of carbonyl (C=O) groups is 2. The van der Waals surface area contributed by atoms with Crippen molar-refractivity contribution in [1.82, 2.24) is 0 Å². The highest BCUT2D eigenvalue weighted by molar-refractivity contribution is 14.1. The van der Waals surface area contributed by atoms with Gasteiger partial charge in [0.25, 0.3) is 0 Å². The number of hydrogen-bond donors (Lipinski definition) is 1. The highest BCUT2D eigenvalue weighted by Gasteiger charge is 2.04. The fraction of sp³-hybridized carbons (Fsp3) is 0.429. The molecule has 0 unspecified atom stereocenters. The molecule has 0 aromatic heterocycles. The van der Waals surface area contributed by atoms with Crippen LogP contribution in [0.15, 0.2) is 24.3 Å². The van der Waals surface area contributed by atoms with Crippen LogP contribution in [0.4, 0.5) is 0 Å². The average molecular weight is 376 g/mol. The summed E-state index contributed by atoms with van der Waals surface area (Å²) in [5, 5.41) is 8.46. The van der Waals surface area contributed by atoms with Crippen LogP contribution in [-0.4, -0.2) is 23.7 Å². The molecular formula is C14H17IO4. The van der Waals surface area contributed by atoms with E-state index in [1.54, 1.807) is 0 Å². The van der Waals surface area contributed by atoms with Crippen molar-refractivity contribution in [1.29, 1.82) is 0 Å². The van der Waals surface area contributed by atoms with Crippen LogP contribution in [0.1, 0.15) is 31.2 Å². The number of carboxylic acid groups (broad SMARTS) is 1. The molecule has 1 rings (SSSR count). The van der Waals surface area contributed by atoms with Gasteiger partial charge >= 0.3 is 11.9 Å². The maximum absolute atomic E-state index is 11.5. The average Bonchev–Trinajstić information content (AvgIpc) is 2.36. The fourth-order valence-corrected chi connectivity index (χ4v) is 1.92. The summed E-state index contributed by atoms with van der Waals surface area (Å²) in [7, 11) is 0. The van der Waals surface area contributed by atoms with Crippen LogP contribution in [0, 0.1) is 3.57 Å². The minimum Gasteiger partial charge on any atom is -0.481 e.